The van der Waals surface area contributed by atoms with Crippen molar-refractivity contribution in [1.29, 1.82) is 0 Å². The number of rotatable bonds is 25. The largest absolute Gasteiger partial charge is 0.481 e. The molecule has 2 amide bonds. The van der Waals surface area contributed by atoms with Gasteiger partial charge in [0.25, 0.3) is 0 Å². The summed E-state index contributed by atoms with van der Waals surface area (Å²) in [5.41, 5.74) is 5.43. The Kier molecular flexibility index (Phi) is 23.1. The summed E-state index contributed by atoms with van der Waals surface area (Å²) in [5.74, 6) is -5.01. The minimum atomic E-state index is -1.28. The summed E-state index contributed by atoms with van der Waals surface area (Å²) in [5, 5.41) is 41.6. The van der Waals surface area contributed by atoms with E-state index in [-0.39, 0.29) is 37.9 Å². The number of carboxylic acids is 3. The molecule has 0 aliphatic heterocycles. The Morgan fingerprint density at radius 3 is 2.23 bits per heavy atom. The Labute approximate surface area is 257 Å². The van der Waals surface area contributed by atoms with Crippen LogP contribution in [0.1, 0.15) is 71.1 Å². The standard InChI is InChI=1S/C30H47N3O9S/c1-2-3-4-5-6-7-8-9-10-11-12-13-16-25(24(34)15-14-17-27(36)37)43-21-23(29(40)32-20-28(38)39)33-26(35)19-18-22(31)30(41)42/h6-7,9-13,16,22-25,34H,2-5,8,14-15,17-21,31H2,1H3,(H,32,40)(H,33,35)(H,36,37)(H,38,39)(H,41,42)/b7-6-,10-9+,12-11+,16-13+/t22-,23-,24-,25+/m0/s1. The quantitative estimate of drug-likeness (QED) is 0.0444. The van der Waals surface area contributed by atoms with E-state index in [2.05, 4.69) is 29.7 Å². The summed E-state index contributed by atoms with van der Waals surface area (Å²) in [6, 6.07) is -2.45. The number of carboxylic acid groups (broad SMARTS) is 3. The van der Waals surface area contributed by atoms with Gasteiger partial charge in [0.15, 0.2) is 0 Å². The predicted molar refractivity (Wildman–Crippen MR) is 166 cm³/mol. The van der Waals surface area contributed by atoms with Gasteiger partial charge in [-0.25, -0.2) is 0 Å². The fraction of sp³-hybridized carbons (Fsp3) is 0.567. The maximum absolute atomic E-state index is 12.6. The first-order chi connectivity index (χ1) is 20.5. The van der Waals surface area contributed by atoms with Gasteiger partial charge in [-0.3, -0.25) is 24.0 Å². The number of carbonyl (C=O) groups excluding carboxylic acids is 2. The summed E-state index contributed by atoms with van der Waals surface area (Å²) >= 11 is 1.13. The second-order valence-corrected chi connectivity index (χ2v) is 11.0. The second-order valence-electron chi connectivity index (χ2n) is 9.77. The van der Waals surface area contributed by atoms with Crippen LogP contribution in [0, 0.1) is 0 Å². The number of hydrogen-bond acceptors (Lipinski definition) is 8. The van der Waals surface area contributed by atoms with E-state index in [4.69, 9.17) is 21.1 Å². The van der Waals surface area contributed by atoms with E-state index in [1.165, 1.54) is 19.3 Å². The smallest absolute Gasteiger partial charge is 0.322 e. The zero-order chi connectivity index (χ0) is 32.5. The highest BCUT2D eigenvalue weighted by Gasteiger charge is 2.25. The Bertz CT molecular complexity index is 982. The summed E-state index contributed by atoms with van der Waals surface area (Å²) < 4.78 is 0. The van der Waals surface area contributed by atoms with E-state index in [9.17, 15) is 29.1 Å². The van der Waals surface area contributed by atoms with Crippen LogP contribution >= 0.6 is 11.8 Å². The topological polar surface area (TPSA) is 216 Å². The summed E-state index contributed by atoms with van der Waals surface area (Å²) in [4.78, 5) is 57.8. The van der Waals surface area contributed by atoms with Crippen LogP contribution in [0.15, 0.2) is 48.6 Å². The molecule has 8 N–H and O–H groups in total. The van der Waals surface area contributed by atoms with Crippen molar-refractivity contribution in [1.82, 2.24) is 10.6 Å². The molecule has 0 saturated heterocycles. The molecule has 0 saturated carbocycles. The van der Waals surface area contributed by atoms with E-state index in [0.29, 0.717) is 0 Å². The van der Waals surface area contributed by atoms with Gasteiger partial charge in [-0.1, -0.05) is 68.4 Å². The molecule has 0 aromatic rings. The van der Waals surface area contributed by atoms with Crippen molar-refractivity contribution in [2.75, 3.05) is 12.3 Å². The summed E-state index contributed by atoms with van der Waals surface area (Å²) in [6.07, 6.45) is 19.5. The molecule has 0 aromatic carbocycles. The highest BCUT2D eigenvalue weighted by molar-refractivity contribution is 8.00. The number of aliphatic carboxylic acids is 3. The number of aliphatic hydroxyl groups excluding tert-OH is 1. The number of carbonyl (C=O) groups is 5. The Hall–Kier alpha value is -3.42. The van der Waals surface area contributed by atoms with Crippen LogP contribution in [0.3, 0.4) is 0 Å². The molecule has 0 radical (unpaired) electrons. The lowest BCUT2D eigenvalue weighted by molar-refractivity contribution is -0.139. The van der Waals surface area contributed by atoms with Gasteiger partial charge in [0.1, 0.15) is 18.6 Å². The molecule has 43 heavy (non-hydrogen) atoms. The molecule has 13 heteroatoms. The van der Waals surface area contributed by atoms with Gasteiger partial charge in [0.05, 0.1) is 6.10 Å². The van der Waals surface area contributed by atoms with Crippen molar-refractivity contribution < 1.29 is 44.4 Å². The number of unbranched alkanes of at least 4 members (excludes halogenated alkanes) is 3. The molecular weight excluding hydrogens is 578 g/mol. The molecule has 0 heterocycles. The number of hydrogen-bond donors (Lipinski definition) is 7. The molecule has 242 valence electrons. The number of aliphatic hydroxyl groups is 1. The third-order valence-electron chi connectivity index (χ3n) is 5.97. The first kappa shape index (κ1) is 39.6. The average Bonchev–Trinajstić information content (AvgIpc) is 2.95. The lowest BCUT2D eigenvalue weighted by atomic mass is 10.1. The third-order valence-corrected chi connectivity index (χ3v) is 7.36. The highest BCUT2D eigenvalue weighted by atomic mass is 32.2. The van der Waals surface area contributed by atoms with Crippen molar-refractivity contribution in [3.63, 3.8) is 0 Å². The van der Waals surface area contributed by atoms with Crippen LogP contribution < -0.4 is 16.4 Å². The second kappa shape index (κ2) is 25.1. The average molecular weight is 626 g/mol. The van der Waals surface area contributed by atoms with Gasteiger partial charge in [0.2, 0.25) is 11.8 Å². The van der Waals surface area contributed by atoms with Gasteiger partial charge in [-0.15, -0.1) is 11.8 Å². The van der Waals surface area contributed by atoms with E-state index in [1.54, 1.807) is 18.2 Å². The number of allylic oxidation sites excluding steroid dienone is 7. The molecule has 0 aliphatic rings. The van der Waals surface area contributed by atoms with Crippen LogP contribution in [0.5, 0.6) is 0 Å². The lowest BCUT2D eigenvalue weighted by Crippen LogP contribution is -2.50. The lowest BCUT2D eigenvalue weighted by Gasteiger charge is -2.23. The molecule has 4 atom stereocenters. The van der Waals surface area contributed by atoms with Crippen LogP contribution in [-0.2, 0) is 24.0 Å². The number of thioether (sulfide) groups is 1. The van der Waals surface area contributed by atoms with Gasteiger partial charge in [0, 0.05) is 23.8 Å². The normalized spacial score (nSPS) is 14.7. The van der Waals surface area contributed by atoms with Gasteiger partial charge in [-0.2, -0.15) is 0 Å². The maximum Gasteiger partial charge on any atom is 0.322 e. The molecule has 0 unspecified atom stereocenters. The molecule has 0 bridgehead atoms. The zero-order valence-electron chi connectivity index (χ0n) is 24.7. The highest BCUT2D eigenvalue weighted by Crippen LogP contribution is 2.22. The first-order valence-electron chi connectivity index (χ1n) is 14.4. The molecule has 12 nitrogen and oxygen atoms in total. The van der Waals surface area contributed by atoms with Crippen molar-refractivity contribution in [2.24, 2.45) is 5.73 Å². The zero-order valence-corrected chi connectivity index (χ0v) is 25.5. The monoisotopic (exact) mass is 625 g/mol. The fourth-order valence-corrected chi connectivity index (χ4v) is 4.75. The van der Waals surface area contributed by atoms with Crippen molar-refractivity contribution >= 4 is 41.5 Å². The van der Waals surface area contributed by atoms with E-state index >= 15 is 0 Å². The summed E-state index contributed by atoms with van der Waals surface area (Å²) in [7, 11) is 0. The van der Waals surface area contributed by atoms with Crippen molar-refractivity contribution in [3.05, 3.63) is 48.6 Å². The SMILES string of the molecule is CCCCC/C=C\C/C=C/C=C/C=C/[C@@H](SC[C@H](NC(=O)CC[C@H](N)C(=O)O)C(=O)NCC(=O)O)[C@@H](O)CCCC(=O)O. The van der Waals surface area contributed by atoms with Crippen LogP contribution in [-0.4, -0.2) is 85.9 Å². The van der Waals surface area contributed by atoms with Crippen LogP contribution in [0.2, 0.25) is 0 Å². The fourth-order valence-electron chi connectivity index (χ4n) is 3.54. The molecular formula is C30H47N3O9S. The molecule has 0 fully saturated rings. The predicted octanol–water partition coefficient (Wildman–Crippen LogP) is 2.78. The first-order valence-corrected chi connectivity index (χ1v) is 15.5. The minimum absolute atomic E-state index is 0.0542. The van der Waals surface area contributed by atoms with Gasteiger partial charge < -0.3 is 36.8 Å². The number of nitrogens with two attached hydrogens (primary N) is 1. The van der Waals surface area contributed by atoms with Crippen LogP contribution in [0.4, 0.5) is 0 Å². The Morgan fingerprint density at radius 2 is 1.58 bits per heavy atom. The third kappa shape index (κ3) is 22.8. The number of nitrogens with one attached hydrogen (secondary N) is 2. The van der Waals surface area contributed by atoms with E-state index < -0.39 is 59.7 Å². The van der Waals surface area contributed by atoms with E-state index in [1.807, 2.05) is 18.2 Å². The number of amides is 2. The van der Waals surface area contributed by atoms with Crippen molar-refractivity contribution in [3.8, 4) is 0 Å². The van der Waals surface area contributed by atoms with Gasteiger partial charge in [-0.05, 0) is 38.5 Å². The molecule has 0 rings (SSSR count). The minimum Gasteiger partial charge on any atom is -0.481 e. The maximum atomic E-state index is 12.6. The Balaban J connectivity index is 5.38. The molecule has 0 spiro atoms. The van der Waals surface area contributed by atoms with Gasteiger partial charge >= 0.3 is 17.9 Å². The molecule has 0 aromatic heterocycles. The molecule has 0 aliphatic carbocycles. The van der Waals surface area contributed by atoms with Crippen LogP contribution in [0.25, 0.3) is 0 Å². The van der Waals surface area contributed by atoms with Crippen molar-refractivity contribution in [2.45, 2.75) is 94.6 Å². The Morgan fingerprint density at radius 1 is 0.860 bits per heavy atom. The van der Waals surface area contributed by atoms with E-state index in [0.717, 1.165) is 24.6 Å². The summed E-state index contributed by atoms with van der Waals surface area (Å²) in [6.45, 7) is 1.49.